The van der Waals surface area contributed by atoms with Gasteiger partial charge in [0.15, 0.2) is 0 Å². The zero-order chi connectivity index (χ0) is 22.0. The Morgan fingerprint density at radius 2 is 1.77 bits per heavy atom. The Morgan fingerprint density at radius 3 is 2.45 bits per heavy atom. The molecule has 1 aromatic heterocycles. The van der Waals surface area contributed by atoms with Crippen LogP contribution in [0.15, 0.2) is 46.9 Å². The highest BCUT2D eigenvalue weighted by Crippen LogP contribution is 2.25. The van der Waals surface area contributed by atoms with Crippen LogP contribution in [0, 0.1) is 20.8 Å². The molecule has 0 spiro atoms. The second-order valence-corrected chi connectivity index (χ2v) is 8.54. The van der Waals surface area contributed by atoms with E-state index in [2.05, 4.69) is 21.3 Å². The van der Waals surface area contributed by atoms with E-state index in [0.29, 0.717) is 30.5 Å². The summed E-state index contributed by atoms with van der Waals surface area (Å²) in [5.41, 5.74) is 4.91. The van der Waals surface area contributed by atoms with Gasteiger partial charge in [0, 0.05) is 49.0 Å². The summed E-state index contributed by atoms with van der Waals surface area (Å²) in [5.74, 6) is 1.39. The predicted octanol–water partition coefficient (Wildman–Crippen LogP) is 5.27. The summed E-state index contributed by atoms with van der Waals surface area (Å²) < 4.78 is 5.87. The quantitative estimate of drug-likeness (QED) is 0.602. The average molecular weight is 439 g/mol. The van der Waals surface area contributed by atoms with E-state index in [1.54, 1.807) is 0 Å². The van der Waals surface area contributed by atoms with E-state index in [4.69, 9.17) is 16.0 Å². The maximum atomic E-state index is 12.7. The molecule has 0 aliphatic carbocycles. The van der Waals surface area contributed by atoms with Gasteiger partial charge >= 0.3 is 6.03 Å². The highest BCUT2D eigenvalue weighted by Gasteiger charge is 2.23. The number of benzene rings is 2. The van der Waals surface area contributed by atoms with Crippen LogP contribution >= 0.6 is 11.6 Å². The zero-order valence-electron chi connectivity index (χ0n) is 18.1. The van der Waals surface area contributed by atoms with Gasteiger partial charge in [0.05, 0.1) is 5.69 Å². The molecule has 6 nitrogen and oxygen atoms in total. The number of amides is 2. The first-order chi connectivity index (χ1) is 14.9. The van der Waals surface area contributed by atoms with Gasteiger partial charge in [-0.05, 0) is 62.2 Å². The summed E-state index contributed by atoms with van der Waals surface area (Å²) in [6, 6.07) is 13.5. The molecule has 2 heterocycles. The van der Waals surface area contributed by atoms with Gasteiger partial charge in [-0.2, -0.15) is 0 Å². The molecule has 2 aromatic carbocycles. The lowest BCUT2D eigenvalue weighted by Crippen LogP contribution is -2.49. The molecule has 2 amide bonds. The molecule has 1 saturated heterocycles. The number of oxazole rings is 1. The van der Waals surface area contributed by atoms with Crippen LogP contribution in [0.5, 0.6) is 0 Å². The molecule has 0 bridgehead atoms. The van der Waals surface area contributed by atoms with Crippen molar-refractivity contribution < 1.29 is 9.21 Å². The number of rotatable bonds is 4. The van der Waals surface area contributed by atoms with E-state index >= 15 is 0 Å². The minimum Gasteiger partial charge on any atom is -0.441 e. The van der Waals surface area contributed by atoms with Crippen molar-refractivity contribution >= 4 is 23.3 Å². The van der Waals surface area contributed by atoms with Crippen molar-refractivity contribution in [2.24, 2.45) is 0 Å². The lowest BCUT2D eigenvalue weighted by molar-refractivity contribution is 0.141. The van der Waals surface area contributed by atoms with E-state index in [-0.39, 0.29) is 6.03 Å². The zero-order valence-corrected chi connectivity index (χ0v) is 18.9. The van der Waals surface area contributed by atoms with Crippen LogP contribution in [0.2, 0.25) is 5.02 Å². The molecule has 1 N–H and O–H groups in total. The standard InChI is InChI=1S/C24H27ClN4O2/c1-16-11-17(2)13-21(12-16)26-24(30)29-9-7-28(8-10-29)15-22-18(3)31-23(27-22)19-5-4-6-20(25)14-19/h4-6,11-14H,7-10,15H2,1-3H3,(H,26,30). The number of nitrogens with one attached hydrogen (secondary N) is 1. The van der Waals surface area contributed by atoms with Gasteiger partial charge in [-0.1, -0.05) is 23.7 Å². The van der Waals surface area contributed by atoms with Crippen LogP contribution < -0.4 is 5.32 Å². The summed E-state index contributed by atoms with van der Waals surface area (Å²) in [4.78, 5) is 21.5. The van der Waals surface area contributed by atoms with Gasteiger partial charge in [-0.25, -0.2) is 9.78 Å². The Labute approximate surface area is 187 Å². The van der Waals surface area contributed by atoms with Crippen LogP contribution in [-0.4, -0.2) is 47.0 Å². The van der Waals surface area contributed by atoms with Crippen LogP contribution in [-0.2, 0) is 6.54 Å². The van der Waals surface area contributed by atoms with Gasteiger partial charge in [-0.3, -0.25) is 4.90 Å². The van der Waals surface area contributed by atoms with Crippen molar-refractivity contribution in [3.8, 4) is 11.5 Å². The van der Waals surface area contributed by atoms with Gasteiger partial charge in [0.25, 0.3) is 0 Å². The molecule has 1 aliphatic rings. The largest absolute Gasteiger partial charge is 0.441 e. The summed E-state index contributed by atoms with van der Waals surface area (Å²) in [6.45, 7) is 9.63. The lowest BCUT2D eigenvalue weighted by Gasteiger charge is -2.34. The Bertz CT molecular complexity index is 1070. The highest BCUT2D eigenvalue weighted by molar-refractivity contribution is 6.30. The molecule has 0 atom stereocenters. The van der Waals surface area contributed by atoms with E-state index in [9.17, 15) is 4.79 Å². The molecule has 0 saturated carbocycles. The van der Waals surface area contributed by atoms with E-state index in [0.717, 1.165) is 46.9 Å². The summed E-state index contributed by atoms with van der Waals surface area (Å²) in [5, 5.41) is 3.68. The van der Waals surface area contributed by atoms with Crippen molar-refractivity contribution in [1.82, 2.24) is 14.8 Å². The Hall–Kier alpha value is -2.83. The van der Waals surface area contributed by atoms with Gasteiger partial charge in [0.2, 0.25) is 5.89 Å². The fourth-order valence-corrected chi connectivity index (χ4v) is 4.08. The maximum Gasteiger partial charge on any atom is 0.321 e. The number of nitrogens with zero attached hydrogens (tertiary/aromatic N) is 3. The number of urea groups is 1. The minimum atomic E-state index is -0.0505. The SMILES string of the molecule is Cc1cc(C)cc(NC(=O)N2CCN(Cc3nc(-c4cccc(Cl)c4)oc3C)CC2)c1. The van der Waals surface area contributed by atoms with Crippen LogP contribution in [0.1, 0.15) is 22.6 Å². The van der Waals surface area contributed by atoms with Gasteiger partial charge in [-0.15, -0.1) is 0 Å². The molecule has 3 aromatic rings. The summed E-state index contributed by atoms with van der Waals surface area (Å²) >= 11 is 6.09. The number of hydrogen-bond donors (Lipinski definition) is 1. The second kappa shape index (κ2) is 9.12. The summed E-state index contributed by atoms with van der Waals surface area (Å²) in [6.07, 6.45) is 0. The van der Waals surface area contributed by atoms with E-state index in [1.165, 1.54) is 0 Å². The first kappa shape index (κ1) is 21.4. The molecule has 31 heavy (non-hydrogen) atoms. The molecular formula is C24H27ClN4O2. The number of hydrogen-bond acceptors (Lipinski definition) is 4. The van der Waals surface area contributed by atoms with E-state index < -0.39 is 0 Å². The van der Waals surface area contributed by atoms with Crippen molar-refractivity contribution in [3.63, 3.8) is 0 Å². The Morgan fingerprint density at radius 1 is 1.06 bits per heavy atom. The molecule has 0 radical (unpaired) electrons. The van der Waals surface area contributed by atoms with Crippen molar-refractivity contribution in [2.45, 2.75) is 27.3 Å². The number of halogens is 1. The minimum absolute atomic E-state index is 0.0505. The number of carbonyl (C=O) groups is 1. The Balaban J connectivity index is 1.33. The topological polar surface area (TPSA) is 61.6 Å². The Kier molecular flexibility index (Phi) is 6.30. The van der Waals surface area contributed by atoms with Gasteiger partial charge in [0.1, 0.15) is 5.76 Å². The number of piperazine rings is 1. The number of carbonyl (C=O) groups excluding carboxylic acids is 1. The predicted molar refractivity (Wildman–Crippen MR) is 123 cm³/mol. The molecule has 1 aliphatic heterocycles. The summed E-state index contributed by atoms with van der Waals surface area (Å²) in [7, 11) is 0. The molecule has 4 rings (SSSR count). The normalized spacial score (nSPS) is 14.6. The first-order valence-corrected chi connectivity index (χ1v) is 10.8. The number of anilines is 1. The van der Waals surface area contributed by atoms with Crippen LogP contribution in [0.4, 0.5) is 10.5 Å². The lowest BCUT2D eigenvalue weighted by atomic mass is 10.1. The third-order valence-corrected chi connectivity index (χ3v) is 5.71. The van der Waals surface area contributed by atoms with Crippen LogP contribution in [0.25, 0.3) is 11.5 Å². The molecular weight excluding hydrogens is 412 g/mol. The molecule has 7 heteroatoms. The van der Waals surface area contributed by atoms with Crippen molar-refractivity contribution in [1.29, 1.82) is 0 Å². The maximum absolute atomic E-state index is 12.7. The number of aromatic nitrogens is 1. The molecule has 1 fully saturated rings. The monoisotopic (exact) mass is 438 g/mol. The van der Waals surface area contributed by atoms with Gasteiger partial charge < -0.3 is 14.6 Å². The fourth-order valence-electron chi connectivity index (χ4n) is 3.89. The molecule has 162 valence electrons. The highest BCUT2D eigenvalue weighted by atomic mass is 35.5. The smallest absolute Gasteiger partial charge is 0.321 e. The third-order valence-electron chi connectivity index (χ3n) is 5.47. The van der Waals surface area contributed by atoms with E-state index in [1.807, 2.05) is 62.1 Å². The van der Waals surface area contributed by atoms with Crippen molar-refractivity contribution in [2.75, 3.05) is 31.5 Å². The van der Waals surface area contributed by atoms with Crippen LogP contribution in [0.3, 0.4) is 0 Å². The third kappa shape index (κ3) is 5.27. The first-order valence-electron chi connectivity index (χ1n) is 10.5. The second-order valence-electron chi connectivity index (χ2n) is 8.10. The average Bonchev–Trinajstić information content (AvgIpc) is 3.08. The fraction of sp³-hybridized carbons (Fsp3) is 0.333. The number of aryl methyl sites for hydroxylation is 3. The van der Waals surface area contributed by atoms with Crippen molar-refractivity contribution in [3.05, 3.63) is 70.1 Å². The molecule has 0 unspecified atom stereocenters.